The van der Waals surface area contributed by atoms with Gasteiger partial charge in [0.15, 0.2) is 0 Å². The molecule has 2 aromatic rings. The Bertz CT molecular complexity index is 927. The highest BCUT2D eigenvalue weighted by Crippen LogP contribution is 2.28. The number of hydrogen-bond acceptors (Lipinski definition) is 3. The van der Waals surface area contributed by atoms with E-state index in [1.807, 2.05) is 44.2 Å². The fraction of sp³-hybridized carbons (Fsp3) is 0.182. The van der Waals surface area contributed by atoms with Gasteiger partial charge in [0.1, 0.15) is 11.3 Å². The molecule has 0 unspecified atom stereocenters. The number of amides is 2. The van der Waals surface area contributed by atoms with Gasteiger partial charge in [0.05, 0.1) is 6.54 Å². The molecule has 1 heterocycles. The molecule has 0 saturated heterocycles. The summed E-state index contributed by atoms with van der Waals surface area (Å²) < 4.78 is 0. The summed E-state index contributed by atoms with van der Waals surface area (Å²) in [4.78, 5) is 26.8. The second-order valence-corrected chi connectivity index (χ2v) is 6.70. The maximum atomic E-state index is 12.7. The van der Waals surface area contributed by atoms with Crippen LogP contribution in [0.2, 0.25) is 0 Å². The fourth-order valence-corrected chi connectivity index (χ4v) is 3.09. The second-order valence-electron chi connectivity index (χ2n) is 6.70. The van der Waals surface area contributed by atoms with Crippen LogP contribution in [-0.2, 0) is 9.59 Å². The molecule has 1 aliphatic rings. The minimum absolute atomic E-state index is 0.0269. The zero-order chi connectivity index (χ0) is 19.6. The van der Waals surface area contributed by atoms with Crippen molar-refractivity contribution in [1.82, 2.24) is 0 Å². The average Bonchev–Trinajstić information content (AvgIpc) is 2.96. The van der Waals surface area contributed by atoms with Crippen molar-refractivity contribution in [3.05, 3.63) is 77.6 Å². The van der Waals surface area contributed by atoms with Gasteiger partial charge in [0, 0.05) is 11.4 Å². The summed E-state index contributed by atoms with van der Waals surface area (Å²) in [7, 11) is 0. The molecule has 27 heavy (non-hydrogen) atoms. The van der Waals surface area contributed by atoms with E-state index in [0.29, 0.717) is 11.4 Å². The number of nitrogens with zero attached hydrogens (tertiary/aromatic N) is 1. The van der Waals surface area contributed by atoms with Crippen molar-refractivity contribution in [3.63, 3.8) is 0 Å². The van der Waals surface area contributed by atoms with Crippen LogP contribution in [0.5, 0.6) is 0 Å². The van der Waals surface area contributed by atoms with E-state index < -0.39 is 11.8 Å². The molecule has 0 atom stereocenters. The predicted molar refractivity (Wildman–Crippen MR) is 108 cm³/mol. The fourth-order valence-electron chi connectivity index (χ4n) is 3.09. The maximum Gasteiger partial charge on any atom is 0.267 e. The predicted octanol–water partition coefficient (Wildman–Crippen LogP) is 4.25. The van der Waals surface area contributed by atoms with E-state index in [-0.39, 0.29) is 23.8 Å². The largest absolute Gasteiger partial charge is 0.509 e. The van der Waals surface area contributed by atoms with Crippen molar-refractivity contribution in [2.24, 2.45) is 0 Å². The SMILES string of the molecule is C=Cc1ccc(N2CC(O)=C(C(=O)Nc3ccccc3C(C)C)C2=O)cc1. The first-order valence-electron chi connectivity index (χ1n) is 8.79. The number of hydrogen-bond donors (Lipinski definition) is 2. The number of aliphatic hydroxyl groups excluding tert-OH is 1. The summed E-state index contributed by atoms with van der Waals surface area (Å²) in [6.07, 6.45) is 1.70. The van der Waals surface area contributed by atoms with Crippen LogP contribution in [0.3, 0.4) is 0 Å². The number of anilines is 2. The Balaban J connectivity index is 1.82. The summed E-state index contributed by atoms with van der Waals surface area (Å²) in [6.45, 7) is 7.72. The molecule has 1 aliphatic heterocycles. The summed E-state index contributed by atoms with van der Waals surface area (Å²) in [5.74, 6) is -1.13. The molecule has 5 nitrogen and oxygen atoms in total. The van der Waals surface area contributed by atoms with E-state index in [9.17, 15) is 14.7 Å². The van der Waals surface area contributed by atoms with Crippen molar-refractivity contribution < 1.29 is 14.7 Å². The van der Waals surface area contributed by atoms with Gasteiger partial charge in [-0.15, -0.1) is 0 Å². The number of para-hydroxylation sites is 1. The Hall–Kier alpha value is -3.34. The van der Waals surface area contributed by atoms with Gasteiger partial charge in [-0.3, -0.25) is 9.59 Å². The summed E-state index contributed by atoms with van der Waals surface area (Å²) in [5, 5.41) is 13.0. The van der Waals surface area contributed by atoms with Crippen LogP contribution in [-0.4, -0.2) is 23.5 Å². The lowest BCUT2D eigenvalue weighted by molar-refractivity contribution is -0.119. The quantitative estimate of drug-likeness (QED) is 0.781. The number of benzene rings is 2. The molecule has 2 aromatic carbocycles. The Labute approximate surface area is 158 Å². The zero-order valence-corrected chi connectivity index (χ0v) is 15.4. The van der Waals surface area contributed by atoms with E-state index in [2.05, 4.69) is 11.9 Å². The molecule has 0 spiro atoms. The molecule has 138 valence electrons. The van der Waals surface area contributed by atoms with Crippen LogP contribution in [0.25, 0.3) is 6.08 Å². The number of nitrogens with one attached hydrogen (secondary N) is 1. The molecule has 5 heteroatoms. The van der Waals surface area contributed by atoms with Gasteiger partial charge >= 0.3 is 0 Å². The van der Waals surface area contributed by atoms with Crippen LogP contribution < -0.4 is 10.2 Å². The number of carbonyl (C=O) groups is 2. The molecule has 0 fully saturated rings. The zero-order valence-electron chi connectivity index (χ0n) is 15.4. The van der Waals surface area contributed by atoms with Gasteiger partial charge in [-0.25, -0.2) is 0 Å². The van der Waals surface area contributed by atoms with Crippen molar-refractivity contribution in [2.75, 3.05) is 16.8 Å². The summed E-state index contributed by atoms with van der Waals surface area (Å²) in [5.41, 5.74) is 2.92. The van der Waals surface area contributed by atoms with Crippen LogP contribution >= 0.6 is 0 Å². The van der Waals surface area contributed by atoms with Crippen molar-refractivity contribution >= 4 is 29.3 Å². The highest BCUT2D eigenvalue weighted by atomic mass is 16.3. The molecule has 0 aromatic heterocycles. The first kappa shape index (κ1) is 18.5. The highest BCUT2D eigenvalue weighted by Gasteiger charge is 2.36. The van der Waals surface area contributed by atoms with Crippen LogP contribution in [0.4, 0.5) is 11.4 Å². The summed E-state index contributed by atoms with van der Waals surface area (Å²) >= 11 is 0. The van der Waals surface area contributed by atoms with E-state index in [4.69, 9.17) is 0 Å². The average molecular weight is 362 g/mol. The summed E-state index contributed by atoms with van der Waals surface area (Å²) in [6, 6.07) is 14.6. The number of rotatable bonds is 5. The third kappa shape index (κ3) is 3.62. The normalized spacial score (nSPS) is 14.0. The monoisotopic (exact) mass is 362 g/mol. The highest BCUT2D eigenvalue weighted by molar-refractivity contribution is 6.29. The van der Waals surface area contributed by atoms with Gasteiger partial charge in [-0.2, -0.15) is 0 Å². The lowest BCUT2D eigenvalue weighted by atomic mass is 10.0. The minimum Gasteiger partial charge on any atom is -0.509 e. The molecular weight excluding hydrogens is 340 g/mol. The van der Waals surface area contributed by atoms with Crippen LogP contribution in [0, 0.1) is 0 Å². The molecule has 0 bridgehead atoms. The van der Waals surface area contributed by atoms with Crippen molar-refractivity contribution in [1.29, 1.82) is 0 Å². The van der Waals surface area contributed by atoms with Crippen molar-refractivity contribution in [3.8, 4) is 0 Å². The van der Waals surface area contributed by atoms with E-state index in [1.165, 1.54) is 4.90 Å². The van der Waals surface area contributed by atoms with Gasteiger partial charge in [0.25, 0.3) is 11.8 Å². The third-order valence-corrected chi connectivity index (χ3v) is 4.55. The van der Waals surface area contributed by atoms with Crippen LogP contribution in [0.15, 0.2) is 66.4 Å². The molecule has 3 rings (SSSR count). The van der Waals surface area contributed by atoms with E-state index in [1.54, 1.807) is 24.3 Å². The Morgan fingerprint density at radius 1 is 1.19 bits per heavy atom. The molecular formula is C22H22N2O3. The second kappa shape index (κ2) is 7.50. The molecule has 0 saturated carbocycles. The Morgan fingerprint density at radius 2 is 1.85 bits per heavy atom. The standard InChI is InChI=1S/C22H22N2O3/c1-4-15-9-11-16(12-10-15)24-13-19(25)20(22(24)27)21(26)23-18-8-6-5-7-17(18)14(2)3/h4-12,14,25H,1,13H2,2-3H3,(H,23,26). The molecule has 0 radical (unpaired) electrons. The van der Waals surface area contributed by atoms with Gasteiger partial charge in [-0.1, -0.05) is 56.8 Å². The Kier molecular flexibility index (Phi) is 5.12. The third-order valence-electron chi connectivity index (χ3n) is 4.55. The number of aliphatic hydroxyl groups is 1. The molecule has 0 aliphatic carbocycles. The van der Waals surface area contributed by atoms with Gasteiger partial charge < -0.3 is 15.3 Å². The lowest BCUT2D eigenvalue weighted by Crippen LogP contribution is -2.30. The lowest BCUT2D eigenvalue weighted by Gasteiger charge is -2.17. The minimum atomic E-state index is -0.601. The first-order chi connectivity index (χ1) is 12.9. The maximum absolute atomic E-state index is 12.7. The van der Waals surface area contributed by atoms with Crippen LogP contribution in [0.1, 0.15) is 30.9 Å². The smallest absolute Gasteiger partial charge is 0.267 e. The van der Waals surface area contributed by atoms with Gasteiger partial charge in [-0.05, 0) is 35.2 Å². The first-order valence-corrected chi connectivity index (χ1v) is 8.79. The molecule has 2 N–H and O–H groups in total. The number of carbonyl (C=O) groups excluding carboxylic acids is 2. The topological polar surface area (TPSA) is 69.6 Å². The van der Waals surface area contributed by atoms with E-state index in [0.717, 1.165) is 11.1 Å². The Morgan fingerprint density at radius 3 is 2.48 bits per heavy atom. The van der Waals surface area contributed by atoms with E-state index >= 15 is 0 Å². The van der Waals surface area contributed by atoms with Gasteiger partial charge in [0.2, 0.25) is 0 Å². The van der Waals surface area contributed by atoms with Crippen molar-refractivity contribution in [2.45, 2.75) is 19.8 Å². The molecule has 2 amide bonds.